The summed E-state index contributed by atoms with van der Waals surface area (Å²) in [5, 5.41) is 6.52. The van der Waals surface area contributed by atoms with Gasteiger partial charge in [0.05, 0.1) is 25.5 Å². The molecule has 2 rings (SSSR count). The van der Waals surface area contributed by atoms with Gasteiger partial charge in [0.25, 0.3) is 0 Å². The Bertz CT molecular complexity index is 615. The highest BCUT2D eigenvalue weighted by Gasteiger charge is 2.08. The largest absolute Gasteiger partial charge is 0.467 e. The van der Waals surface area contributed by atoms with Gasteiger partial charge >= 0.3 is 5.91 Å². The molecule has 0 unspecified atom stereocenters. The van der Waals surface area contributed by atoms with E-state index in [0.717, 1.165) is 0 Å². The molecule has 2 N–H and O–H groups in total. The average Bonchev–Trinajstić information content (AvgIpc) is 3.15. The molecule has 7 heteroatoms. The Balaban J connectivity index is 1.75. The van der Waals surface area contributed by atoms with Gasteiger partial charge in [0.1, 0.15) is 5.76 Å². The van der Waals surface area contributed by atoms with Gasteiger partial charge in [-0.25, -0.2) is 5.43 Å². The Morgan fingerprint density at radius 1 is 1.19 bits per heavy atom. The first-order valence-corrected chi connectivity index (χ1v) is 6.31. The molecule has 0 aromatic carbocycles. The summed E-state index contributed by atoms with van der Waals surface area (Å²) in [5.74, 6) is 0.160. The van der Waals surface area contributed by atoms with E-state index in [4.69, 9.17) is 8.83 Å². The van der Waals surface area contributed by atoms with Crippen molar-refractivity contribution in [3.63, 3.8) is 0 Å². The summed E-state index contributed by atoms with van der Waals surface area (Å²) in [6.07, 6.45) is 3.02. The monoisotopic (exact) mass is 289 g/mol. The van der Waals surface area contributed by atoms with E-state index in [1.165, 1.54) is 12.3 Å². The summed E-state index contributed by atoms with van der Waals surface area (Å²) in [7, 11) is 0. The third-order valence-corrected chi connectivity index (χ3v) is 2.55. The Labute approximate surface area is 121 Å². The van der Waals surface area contributed by atoms with Gasteiger partial charge in [0.15, 0.2) is 5.76 Å². The number of rotatable bonds is 6. The van der Waals surface area contributed by atoms with E-state index in [-0.39, 0.29) is 18.1 Å². The van der Waals surface area contributed by atoms with E-state index >= 15 is 0 Å². The summed E-state index contributed by atoms with van der Waals surface area (Å²) in [5.41, 5.74) is 2.80. The average molecular weight is 289 g/mol. The fourth-order valence-corrected chi connectivity index (χ4v) is 1.54. The zero-order valence-corrected chi connectivity index (χ0v) is 11.5. The molecule has 21 heavy (non-hydrogen) atoms. The normalized spacial score (nSPS) is 11.2. The van der Waals surface area contributed by atoms with Crippen molar-refractivity contribution in [2.45, 2.75) is 19.9 Å². The van der Waals surface area contributed by atoms with Crippen LogP contribution in [0.4, 0.5) is 0 Å². The van der Waals surface area contributed by atoms with Crippen LogP contribution in [-0.2, 0) is 11.3 Å². The first-order chi connectivity index (χ1) is 10.1. The Hall–Kier alpha value is -2.83. The van der Waals surface area contributed by atoms with E-state index in [0.29, 0.717) is 18.0 Å². The van der Waals surface area contributed by atoms with E-state index in [9.17, 15) is 9.59 Å². The summed E-state index contributed by atoms with van der Waals surface area (Å²) >= 11 is 0. The van der Waals surface area contributed by atoms with Crippen molar-refractivity contribution < 1.29 is 18.4 Å². The van der Waals surface area contributed by atoms with Crippen LogP contribution in [0.25, 0.3) is 0 Å². The number of amides is 2. The lowest BCUT2D eigenvalue weighted by Crippen LogP contribution is -2.26. The van der Waals surface area contributed by atoms with Gasteiger partial charge in [-0.15, -0.1) is 0 Å². The molecule has 110 valence electrons. The summed E-state index contributed by atoms with van der Waals surface area (Å²) in [6, 6.07) is 6.65. The Morgan fingerprint density at radius 2 is 1.95 bits per heavy atom. The molecule has 0 aliphatic carbocycles. The molecule has 0 radical (unpaired) electrons. The highest BCUT2D eigenvalue weighted by molar-refractivity contribution is 6.00. The maximum Gasteiger partial charge on any atom is 0.307 e. The molecule has 0 aliphatic rings. The van der Waals surface area contributed by atoms with Crippen molar-refractivity contribution >= 4 is 17.5 Å². The highest BCUT2D eigenvalue weighted by atomic mass is 16.3. The molecule has 0 spiro atoms. The van der Waals surface area contributed by atoms with Crippen LogP contribution >= 0.6 is 0 Å². The second kappa shape index (κ2) is 7.09. The summed E-state index contributed by atoms with van der Waals surface area (Å²) in [6.45, 7) is 1.97. The van der Waals surface area contributed by atoms with Gasteiger partial charge in [-0.2, -0.15) is 5.10 Å². The van der Waals surface area contributed by atoms with Crippen molar-refractivity contribution in [3.05, 3.63) is 48.3 Å². The van der Waals surface area contributed by atoms with E-state index in [1.807, 2.05) is 0 Å². The molecule has 0 aliphatic heterocycles. The number of hydrogen-bond acceptors (Lipinski definition) is 5. The lowest BCUT2D eigenvalue weighted by molar-refractivity contribution is -0.120. The molecular weight excluding hydrogens is 274 g/mol. The second-order valence-corrected chi connectivity index (χ2v) is 4.30. The van der Waals surface area contributed by atoms with Crippen molar-refractivity contribution in [2.24, 2.45) is 5.10 Å². The fraction of sp³-hybridized carbons (Fsp3) is 0.214. The Morgan fingerprint density at radius 3 is 2.62 bits per heavy atom. The molecule has 0 bridgehead atoms. The minimum Gasteiger partial charge on any atom is -0.467 e. The molecule has 2 heterocycles. The van der Waals surface area contributed by atoms with Crippen LogP contribution in [0, 0.1) is 0 Å². The molecule has 2 aromatic heterocycles. The van der Waals surface area contributed by atoms with Crippen molar-refractivity contribution in [1.82, 2.24) is 10.7 Å². The third kappa shape index (κ3) is 4.64. The first kappa shape index (κ1) is 14.6. The molecule has 0 atom stereocenters. The maximum atomic E-state index is 11.7. The van der Waals surface area contributed by atoms with Crippen molar-refractivity contribution in [3.8, 4) is 0 Å². The predicted octanol–water partition coefficient (Wildman–Crippen LogP) is 1.68. The molecule has 0 saturated carbocycles. The van der Waals surface area contributed by atoms with Crippen LogP contribution < -0.4 is 10.7 Å². The smallest absolute Gasteiger partial charge is 0.307 e. The molecule has 2 amide bonds. The number of hydrogen-bond donors (Lipinski definition) is 2. The van der Waals surface area contributed by atoms with Gasteiger partial charge in [-0.05, 0) is 31.2 Å². The lowest BCUT2D eigenvalue weighted by atomic mass is 10.3. The van der Waals surface area contributed by atoms with Gasteiger partial charge < -0.3 is 14.2 Å². The number of nitrogens with zero attached hydrogens (tertiary/aromatic N) is 1. The first-order valence-electron chi connectivity index (χ1n) is 6.31. The minimum absolute atomic E-state index is 0.0825. The van der Waals surface area contributed by atoms with Gasteiger partial charge in [0.2, 0.25) is 5.91 Å². The number of hydrazone groups is 1. The fourth-order valence-electron chi connectivity index (χ4n) is 1.54. The van der Waals surface area contributed by atoms with Crippen molar-refractivity contribution in [2.75, 3.05) is 0 Å². The van der Waals surface area contributed by atoms with Crippen LogP contribution in [0.5, 0.6) is 0 Å². The molecular formula is C14H15N3O4. The van der Waals surface area contributed by atoms with Crippen LogP contribution in [0.3, 0.4) is 0 Å². The second-order valence-electron chi connectivity index (χ2n) is 4.30. The van der Waals surface area contributed by atoms with Crippen LogP contribution in [0.2, 0.25) is 0 Å². The number of carbonyl (C=O) groups excluding carboxylic acids is 2. The van der Waals surface area contributed by atoms with E-state index in [2.05, 4.69) is 15.8 Å². The molecule has 0 saturated heterocycles. The maximum absolute atomic E-state index is 11.7. The van der Waals surface area contributed by atoms with Crippen LogP contribution in [0.15, 0.2) is 50.7 Å². The minimum atomic E-state index is -0.463. The zero-order chi connectivity index (χ0) is 15.1. The van der Waals surface area contributed by atoms with Crippen LogP contribution in [0.1, 0.15) is 29.7 Å². The molecule has 7 nitrogen and oxygen atoms in total. The van der Waals surface area contributed by atoms with Crippen molar-refractivity contribution in [1.29, 1.82) is 0 Å². The van der Waals surface area contributed by atoms with Gasteiger partial charge in [-0.1, -0.05) is 0 Å². The van der Waals surface area contributed by atoms with Gasteiger partial charge in [-0.3, -0.25) is 9.59 Å². The standard InChI is InChI=1S/C14H15N3O4/c1-10(16-17-14(19)12-5-3-7-21-12)8-13(18)15-9-11-4-2-6-20-11/h2-7H,8-9H2,1H3,(H,15,18)(H,17,19). The molecule has 0 fully saturated rings. The number of carbonyl (C=O) groups is 2. The van der Waals surface area contributed by atoms with Crippen LogP contribution in [-0.4, -0.2) is 17.5 Å². The SMILES string of the molecule is CC(CC(=O)NCc1ccco1)=NNC(=O)c1ccco1. The summed E-state index contributed by atoms with van der Waals surface area (Å²) < 4.78 is 10.0. The third-order valence-electron chi connectivity index (χ3n) is 2.55. The number of nitrogens with one attached hydrogen (secondary N) is 2. The quantitative estimate of drug-likeness (QED) is 0.624. The van der Waals surface area contributed by atoms with E-state index in [1.54, 1.807) is 31.4 Å². The zero-order valence-electron chi connectivity index (χ0n) is 11.5. The topological polar surface area (TPSA) is 96.8 Å². The van der Waals surface area contributed by atoms with Gasteiger partial charge in [0, 0.05) is 5.71 Å². The van der Waals surface area contributed by atoms with E-state index < -0.39 is 5.91 Å². The highest BCUT2D eigenvalue weighted by Crippen LogP contribution is 2.00. The lowest BCUT2D eigenvalue weighted by Gasteiger charge is -2.03. The molecule has 2 aromatic rings. The number of furan rings is 2. The summed E-state index contributed by atoms with van der Waals surface area (Å²) in [4.78, 5) is 23.2. The predicted molar refractivity (Wildman–Crippen MR) is 74.5 cm³/mol. The Kier molecular flexibility index (Phi) is 4.92.